The second-order valence-corrected chi connectivity index (χ2v) is 26.1. The van der Waals surface area contributed by atoms with Crippen LogP contribution in [0.25, 0.3) is 21.5 Å². The second-order valence-electron chi connectivity index (χ2n) is 17.7. The molecule has 6 amide bonds. The van der Waals surface area contributed by atoms with E-state index < -0.39 is 187 Å². The number of nitrogens with one attached hydrogen (secondary N) is 6. The topological polar surface area (TPSA) is 484 Å². The van der Waals surface area contributed by atoms with Crippen molar-refractivity contribution in [1.82, 2.24) is 0 Å². The number of anilines is 6. The molecule has 0 aliphatic rings. The Morgan fingerprint density at radius 3 is 0.891 bits per heavy atom. The van der Waals surface area contributed by atoms with Gasteiger partial charge >= 0.3 is 6.03 Å². The largest absolute Gasteiger partial charge is 0.323 e. The van der Waals surface area contributed by atoms with Gasteiger partial charge in [0.05, 0.1) is 32.5 Å². The van der Waals surface area contributed by atoms with Crippen LogP contribution in [0.5, 0.6) is 0 Å². The molecule has 0 unspecified atom stereocenters. The Balaban J connectivity index is 0.00000480. The van der Waals surface area contributed by atoms with Crippen molar-refractivity contribution in [1.29, 1.82) is 0 Å². The van der Waals surface area contributed by atoms with Crippen LogP contribution in [-0.2, 0) is 60.7 Å². The van der Waals surface area contributed by atoms with E-state index in [1.165, 1.54) is 36.4 Å². The third-order valence-corrected chi connectivity index (χ3v) is 17.2. The number of carbonyl (C=O) groups is 5. The first-order valence-electron chi connectivity index (χ1n) is 23.0. The fourth-order valence-electron chi connectivity index (χ4n) is 8.22. The fraction of sp³-hybridized carbons (Fsp3) is 0. The molecule has 0 saturated carbocycles. The molecule has 12 N–H and O–H groups in total. The Hall–Kier alpha value is -3.25. The first-order chi connectivity index (χ1) is 39.8. The summed E-state index contributed by atoms with van der Waals surface area (Å²) in [6, 6.07) is 17.9. The van der Waals surface area contributed by atoms with E-state index in [0.29, 0.717) is 24.3 Å². The number of hydrogen-bond donors (Lipinski definition) is 12. The number of halogens is 2. The van der Waals surface area contributed by atoms with Crippen molar-refractivity contribution in [2.45, 2.75) is 29.4 Å². The van der Waals surface area contributed by atoms with E-state index in [1.54, 1.807) is 0 Å². The van der Waals surface area contributed by atoms with Crippen LogP contribution in [-0.4, -0.2) is 285 Å². The number of amides is 6. The van der Waals surface area contributed by atoms with Crippen LogP contribution in [0.1, 0.15) is 41.4 Å². The number of urea groups is 1. The molecule has 0 atom stereocenters. The maximum Gasteiger partial charge on any atom is 0.323 e. The van der Waals surface area contributed by atoms with Crippen molar-refractivity contribution in [3.8, 4) is 0 Å². The smallest absolute Gasteiger partial charge is 0.321 e. The number of benzene rings is 8. The number of fused-ring (bicyclic) bond motifs is 2. The number of carbonyl (C=O) groups excluding carboxylic acids is 5. The summed E-state index contributed by atoms with van der Waals surface area (Å²) < 4.78 is 236. The average molecular weight is 1440 g/mol. The summed E-state index contributed by atoms with van der Waals surface area (Å²) in [4.78, 5) is 59.7. The third-order valence-electron chi connectivity index (χ3n) is 11.9. The van der Waals surface area contributed by atoms with Crippen molar-refractivity contribution in [2.75, 3.05) is 31.9 Å². The minimum atomic E-state index is -5.51. The minimum absolute atomic E-state index is 0. The summed E-state index contributed by atoms with van der Waals surface area (Å²) in [6.07, 6.45) is 0. The van der Waals surface area contributed by atoms with Gasteiger partial charge in [-0.3, -0.25) is 46.5 Å². The molecule has 8 aromatic rings. The van der Waals surface area contributed by atoms with Gasteiger partial charge in [-0.15, -0.1) is 0 Å². The van der Waals surface area contributed by atoms with E-state index in [9.17, 15) is 102 Å². The Bertz CT molecular complexity index is 4750. The maximum atomic E-state index is 15.2. The van der Waals surface area contributed by atoms with Crippen LogP contribution in [0, 0.1) is 11.6 Å². The van der Waals surface area contributed by atoms with Gasteiger partial charge in [-0.2, -0.15) is 50.5 Å². The predicted octanol–water partition coefficient (Wildman–Crippen LogP) is 4.12. The quantitative estimate of drug-likeness (QED) is 0.0478. The molecule has 0 heterocycles. The summed E-state index contributed by atoms with van der Waals surface area (Å²) in [5.41, 5.74) is -3.97. The summed E-state index contributed by atoms with van der Waals surface area (Å²) in [5.74, 6) is -6.68. The zero-order valence-corrected chi connectivity index (χ0v) is 64.9. The van der Waals surface area contributed by atoms with Crippen LogP contribution in [0.3, 0.4) is 0 Å². The van der Waals surface area contributed by atoms with Crippen LogP contribution >= 0.6 is 0 Å². The predicted molar refractivity (Wildman–Crippen MR) is 331 cm³/mol. The van der Waals surface area contributed by atoms with Gasteiger partial charge in [-0.1, -0.05) is 12.1 Å². The molecule has 0 bridgehead atoms. The molecule has 8 aromatic carbocycles. The van der Waals surface area contributed by atoms with Gasteiger partial charge < -0.3 is 31.9 Å². The number of rotatable bonds is 16. The molecule has 92 heavy (non-hydrogen) atoms. The fourth-order valence-corrected chi connectivity index (χ4v) is 12.3. The van der Waals surface area contributed by atoms with Crippen molar-refractivity contribution >= 4 is 323 Å². The molecule has 8 rings (SSSR count). The zero-order chi connectivity index (χ0) is 63.4. The van der Waals surface area contributed by atoms with E-state index in [2.05, 4.69) is 31.9 Å². The Labute approximate surface area is 653 Å². The van der Waals surface area contributed by atoms with Gasteiger partial charge in [0.15, 0.2) is 0 Å². The molecular formula is C49H34F2N6Na6O23S6. The second kappa shape index (κ2) is 32.9. The van der Waals surface area contributed by atoms with Crippen LogP contribution in [0.4, 0.5) is 47.7 Å². The van der Waals surface area contributed by atoms with Gasteiger partial charge in [0, 0.05) is 233 Å². The van der Waals surface area contributed by atoms with E-state index in [1.807, 2.05) is 0 Å². The SMILES string of the molecule is O=C(Nc1cccc(C(=O)Nc2cc(C(=O)Nc3ccc(S(=O)(=O)O)c4cc(S(=O)(=O)O)cc(S(=O)(=O)O)c34)ccc2F)c1)Nc1cccc(C(=O)Nc2cc(C(=O)Nc3ccc(S(=O)(=O)O)c4cc(S(=O)(=O)O)cc(S(=O)(=O)O)c34)ccc2F)c1.[Na].[Na].[Na].[Na].[Na].[Na]. The molecule has 0 aliphatic carbocycles. The average Bonchev–Trinajstić information content (AvgIpc) is 0.751. The Morgan fingerprint density at radius 1 is 0.304 bits per heavy atom. The first-order valence-corrected chi connectivity index (χ1v) is 31.6. The van der Waals surface area contributed by atoms with Crippen molar-refractivity contribution in [3.05, 3.63) is 167 Å². The minimum Gasteiger partial charge on any atom is -0.321 e. The van der Waals surface area contributed by atoms with Crippen LogP contribution in [0.15, 0.2) is 163 Å². The first kappa shape index (κ1) is 84.8. The standard InChI is InChI=1S/C49H34F2N6O23S6.6Na/c50-33-9-7-25(47(60)54-35-11-13-39(83(69,70)71)31-19-29(81(63,64)65)21-41(43(31)35)85(75,76)77)17-37(33)56-45(58)23-3-1-5-27(15-23)52-49(62)53-28-6-2-4-24(16-28)46(59)57-38-18-26(8-10-34(38)51)48(61)55-36-12-14-40(84(72,73)74)32-20-30(82(66,67)68)22-42(44(32)36)86(78,79)80;;;;;;/h1-22H,(H,54,60)(H,55,61)(H,56,58)(H,57,59)(H2,52,53,62)(H,63,64,65)(H,66,67,68)(H,69,70,71)(H,72,73,74)(H,75,76,77)(H,78,79,80);;;;;;. The Kier molecular flexibility index (Phi) is 30.3. The molecule has 6 radical (unpaired) electrons. The molecule has 0 spiro atoms. The van der Waals surface area contributed by atoms with Gasteiger partial charge in [-0.25, -0.2) is 13.6 Å². The Morgan fingerprint density at radius 2 is 0.598 bits per heavy atom. The molecule has 0 saturated heterocycles. The third kappa shape index (κ3) is 20.4. The van der Waals surface area contributed by atoms with Gasteiger partial charge in [0.1, 0.15) is 31.2 Å². The molecule has 29 nitrogen and oxygen atoms in total. The van der Waals surface area contributed by atoms with E-state index in [4.69, 9.17) is 0 Å². The number of hydrogen-bond acceptors (Lipinski definition) is 17. The normalized spacial score (nSPS) is 11.5. The summed E-state index contributed by atoms with van der Waals surface area (Å²) in [6.45, 7) is 0. The molecule has 0 fully saturated rings. The van der Waals surface area contributed by atoms with Crippen molar-refractivity contribution in [2.24, 2.45) is 0 Å². The van der Waals surface area contributed by atoms with Crippen LogP contribution < -0.4 is 31.9 Å². The zero-order valence-electron chi connectivity index (χ0n) is 48.0. The van der Waals surface area contributed by atoms with Crippen LogP contribution in [0.2, 0.25) is 0 Å². The van der Waals surface area contributed by atoms with Gasteiger partial charge in [0.2, 0.25) is 0 Å². The summed E-state index contributed by atoms with van der Waals surface area (Å²) >= 11 is 0. The van der Waals surface area contributed by atoms with Crippen molar-refractivity contribution < 1.29 is 111 Å². The molecule has 0 aliphatic heterocycles. The summed E-state index contributed by atoms with van der Waals surface area (Å²) in [5, 5.41) is 10.1. The molecule has 0 aromatic heterocycles. The monoisotopic (exact) mass is 1440 g/mol. The van der Waals surface area contributed by atoms with Gasteiger partial charge in [-0.05, 0) is 121 Å². The molecular weight excluding hydrogens is 1410 g/mol. The van der Waals surface area contributed by atoms with E-state index >= 15 is 8.78 Å². The van der Waals surface area contributed by atoms with E-state index in [-0.39, 0.29) is 212 Å². The molecule has 454 valence electrons. The summed E-state index contributed by atoms with van der Waals surface area (Å²) in [7, 11) is -32.2. The molecule has 43 heteroatoms. The van der Waals surface area contributed by atoms with Gasteiger partial charge in [0.25, 0.3) is 84.3 Å². The van der Waals surface area contributed by atoms with E-state index in [0.717, 1.165) is 60.7 Å². The maximum absolute atomic E-state index is 15.2. The van der Waals surface area contributed by atoms with Crippen molar-refractivity contribution in [3.63, 3.8) is 0 Å².